The average molecular weight is 515 g/mol. The quantitative estimate of drug-likeness (QED) is 0.244. The Morgan fingerprint density at radius 2 is 0.895 bits per heavy atom. The summed E-state index contributed by atoms with van der Waals surface area (Å²) in [6.07, 6.45) is 2.93. The summed E-state index contributed by atoms with van der Waals surface area (Å²) in [6, 6.07) is 13.2. The van der Waals surface area contributed by atoms with Crippen LogP contribution in [0.5, 0.6) is 0 Å². The van der Waals surface area contributed by atoms with Crippen LogP contribution >= 0.6 is 0 Å². The van der Waals surface area contributed by atoms with E-state index in [1.54, 1.807) is 0 Å². The number of benzene rings is 2. The zero-order valence-electron chi connectivity index (χ0n) is 20.6. The predicted octanol–water partition coefficient (Wildman–Crippen LogP) is 2.04. The number of rotatable bonds is 9. The first kappa shape index (κ1) is 23.9. The number of carbonyl (C=O) groups is 4. The minimum absolute atomic E-state index is 0.0564. The molecule has 0 saturated carbocycles. The molecule has 38 heavy (non-hydrogen) atoms. The van der Waals surface area contributed by atoms with Crippen molar-refractivity contribution in [2.45, 2.75) is 50.6 Å². The summed E-state index contributed by atoms with van der Waals surface area (Å²) in [5.74, 6) is -1.01. The topological polar surface area (TPSA) is 136 Å². The first-order valence-corrected chi connectivity index (χ1v) is 12.8. The van der Waals surface area contributed by atoms with E-state index in [4.69, 9.17) is 0 Å². The van der Waals surface area contributed by atoms with Crippen molar-refractivity contribution in [1.82, 2.24) is 39.8 Å². The molecule has 0 radical (unpaired) electrons. The third-order valence-electron chi connectivity index (χ3n) is 7.12. The lowest BCUT2D eigenvalue weighted by molar-refractivity contribution is -0.141. The molecule has 0 N–H and O–H groups in total. The van der Waals surface area contributed by atoms with Gasteiger partial charge in [0.15, 0.2) is 12.1 Å². The number of likely N-dealkylation sites (tertiary alicyclic amines) is 2. The predicted molar refractivity (Wildman–Crippen MR) is 134 cm³/mol. The number of hydrogen-bond donors (Lipinski definition) is 0. The molecule has 2 saturated heterocycles. The van der Waals surface area contributed by atoms with Crippen LogP contribution in [0.15, 0.2) is 48.5 Å². The molecule has 194 valence electrons. The summed E-state index contributed by atoms with van der Waals surface area (Å²) < 4.78 is 0. The van der Waals surface area contributed by atoms with Crippen molar-refractivity contribution in [2.75, 3.05) is 13.1 Å². The summed E-state index contributed by atoms with van der Waals surface area (Å²) in [4.78, 5) is 56.0. The highest BCUT2D eigenvalue weighted by atomic mass is 16.2. The van der Waals surface area contributed by atoms with E-state index in [1.807, 2.05) is 48.5 Å². The van der Waals surface area contributed by atoms with Gasteiger partial charge in [-0.1, -0.05) is 37.1 Å². The van der Waals surface area contributed by atoms with Gasteiger partial charge in [-0.05, 0) is 37.1 Å². The Kier molecular flexibility index (Phi) is 6.14. The van der Waals surface area contributed by atoms with Crippen LogP contribution < -0.4 is 0 Å². The van der Waals surface area contributed by atoms with Gasteiger partial charge in [0.1, 0.15) is 22.1 Å². The van der Waals surface area contributed by atoms with Crippen molar-refractivity contribution >= 4 is 45.7 Å². The number of aromatic nitrogens is 6. The van der Waals surface area contributed by atoms with Crippen LogP contribution in [0.25, 0.3) is 22.1 Å². The van der Waals surface area contributed by atoms with Gasteiger partial charge >= 0.3 is 0 Å². The van der Waals surface area contributed by atoms with Gasteiger partial charge in [-0.3, -0.25) is 29.0 Å². The molecule has 12 heteroatoms. The molecule has 6 rings (SSSR count). The number of carbonyl (C=O) groups excluding carboxylic acids is 4. The molecule has 0 aliphatic carbocycles. The highest BCUT2D eigenvalue weighted by molar-refractivity contribution is 6.05. The van der Waals surface area contributed by atoms with Gasteiger partial charge in [0.2, 0.25) is 11.8 Å². The highest BCUT2D eigenvalue weighted by Crippen LogP contribution is 2.26. The van der Waals surface area contributed by atoms with Crippen LogP contribution in [0, 0.1) is 0 Å². The first-order valence-electron chi connectivity index (χ1n) is 12.8. The third kappa shape index (κ3) is 4.31. The monoisotopic (exact) mass is 514 g/mol. The third-order valence-corrected chi connectivity index (χ3v) is 7.12. The maximum Gasteiger partial charge on any atom is 0.256 e. The van der Waals surface area contributed by atoms with Gasteiger partial charge in [0, 0.05) is 13.1 Å². The van der Waals surface area contributed by atoms with Crippen molar-refractivity contribution in [3.63, 3.8) is 0 Å². The van der Waals surface area contributed by atoms with Gasteiger partial charge in [-0.2, -0.15) is 30.0 Å². The van der Waals surface area contributed by atoms with Crippen molar-refractivity contribution < 1.29 is 19.2 Å². The van der Waals surface area contributed by atoms with Crippen molar-refractivity contribution in [2.24, 2.45) is 0 Å². The van der Waals surface area contributed by atoms with Crippen LogP contribution in [0.3, 0.4) is 0 Å². The number of imide groups is 2. The maximum atomic E-state index is 12.9. The minimum atomic E-state index is -0.711. The lowest BCUT2D eigenvalue weighted by Gasteiger charge is -2.16. The SMILES string of the molecule is O=C1CC(n2nc3ccccc3n2)C(=O)N1CCCCCCN1C(=O)CC(n2nc3ccccc3n2)C1=O. The Morgan fingerprint density at radius 3 is 1.24 bits per heavy atom. The fraction of sp³-hybridized carbons (Fsp3) is 0.385. The molecule has 2 atom stereocenters. The van der Waals surface area contributed by atoms with Crippen molar-refractivity contribution in [3.05, 3.63) is 48.5 Å². The highest BCUT2D eigenvalue weighted by Gasteiger charge is 2.41. The Balaban J connectivity index is 0.965. The van der Waals surface area contributed by atoms with Gasteiger partial charge < -0.3 is 0 Å². The molecule has 2 aromatic heterocycles. The lowest BCUT2D eigenvalue weighted by atomic mass is 10.2. The Bertz CT molecular complexity index is 1380. The van der Waals surface area contributed by atoms with Gasteiger partial charge in [0.25, 0.3) is 11.8 Å². The van der Waals surface area contributed by atoms with E-state index >= 15 is 0 Å². The van der Waals surface area contributed by atoms with Crippen LogP contribution in [0.1, 0.15) is 50.6 Å². The minimum Gasteiger partial charge on any atom is -0.281 e. The maximum absolute atomic E-state index is 12.9. The van der Waals surface area contributed by atoms with E-state index in [9.17, 15) is 19.2 Å². The molecular weight excluding hydrogens is 488 g/mol. The smallest absolute Gasteiger partial charge is 0.256 e. The molecule has 0 spiro atoms. The summed E-state index contributed by atoms with van der Waals surface area (Å²) >= 11 is 0. The molecule has 4 heterocycles. The number of nitrogens with zero attached hydrogens (tertiary/aromatic N) is 8. The van der Waals surface area contributed by atoms with Crippen LogP contribution in [-0.4, -0.2) is 76.5 Å². The second-order valence-electron chi connectivity index (χ2n) is 9.64. The molecule has 0 bridgehead atoms. The number of fused-ring (bicyclic) bond motifs is 2. The van der Waals surface area contributed by atoms with E-state index in [-0.39, 0.29) is 36.5 Å². The van der Waals surface area contributed by atoms with E-state index in [2.05, 4.69) is 20.4 Å². The molecule has 4 aromatic rings. The Morgan fingerprint density at radius 1 is 0.553 bits per heavy atom. The van der Waals surface area contributed by atoms with Crippen LogP contribution in [-0.2, 0) is 19.2 Å². The second-order valence-corrected chi connectivity index (χ2v) is 9.64. The standard InChI is InChI=1S/C26H26N8O4/c35-23-15-21(33-27-17-9-3-4-10-18(17)28-33)25(37)31(23)13-7-1-2-8-14-32-24(36)16-22(26(32)38)34-29-19-11-5-6-12-20(19)30-34/h3-6,9-12,21-22H,1-2,7-8,13-16H2. The van der Waals surface area contributed by atoms with Crippen LogP contribution in [0.4, 0.5) is 0 Å². The zero-order valence-corrected chi connectivity index (χ0v) is 20.6. The fourth-order valence-corrected chi connectivity index (χ4v) is 5.09. The van der Waals surface area contributed by atoms with Crippen LogP contribution in [0.2, 0.25) is 0 Å². The van der Waals surface area contributed by atoms with E-state index in [0.29, 0.717) is 48.0 Å². The normalized spacial score (nSPS) is 20.1. The lowest BCUT2D eigenvalue weighted by Crippen LogP contribution is -2.33. The summed E-state index contributed by atoms with van der Waals surface area (Å²) in [7, 11) is 0. The molecule has 12 nitrogen and oxygen atoms in total. The molecule has 2 aliphatic heterocycles. The summed E-state index contributed by atoms with van der Waals surface area (Å²) in [5, 5.41) is 17.4. The molecule has 4 amide bonds. The van der Waals surface area contributed by atoms with Gasteiger partial charge in [-0.25, -0.2) is 0 Å². The summed E-state index contributed by atoms with van der Waals surface area (Å²) in [5.41, 5.74) is 2.73. The van der Waals surface area contributed by atoms with Crippen molar-refractivity contribution in [1.29, 1.82) is 0 Å². The van der Waals surface area contributed by atoms with E-state index < -0.39 is 12.1 Å². The molecule has 2 aromatic carbocycles. The number of hydrogen-bond acceptors (Lipinski definition) is 8. The number of amides is 4. The van der Waals surface area contributed by atoms with Gasteiger partial charge in [-0.15, -0.1) is 0 Å². The van der Waals surface area contributed by atoms with E-state index in [0.717, 1.165) is 12.8 Å². The second kappa shape index (κ2) is 9.77. The molecule has 2 unspecified atom stereocenters. The molecular formula is C26H26N8O4. The van der Waals surface area contributed by atoms with Gasteiger partial charge in [0.05, 0.1) is 12.8 Å². The fourth-order valence-electron chi connectivity index (χ4n) is 5.09. The summed E-state index contributed by atoms with van der Waals surface area (Å²) in [6.45, 7) is 0.661. The Hall–Kier alpha value is -4.48. The number of unbranched alkanes of at least 4 members (excludes halogenated alkanes) is 3. The average Bonchev–Trinajstić information content (AvgIpc) is 3.66. The van der Waals surface area contributed by atoms with Crippen molar-refractivity contribution in [3.8, 4) is 0 Å². The first-order chi connectivity index (χ1) is 18.5. The molecule has 2 aliphatic rings. The largest absolute Gasteiger partial charge is 0.281 e. The Labute approximate surface area is 217 Å². The molecule has 2 fully saturated rings. The zero-order chi connectivity index (χ0) is 26.2. The van der Waals surface area contributed by atoms with E-state index in [1.165, 1.54) is 19.4 Å².